The van der Waals surface area contributed by atoms with Crippen LogP contribution in [0.25, 0.3) is 0 Å². The molecule has 0 unspecified atom stereocenters. The normalized spacial score (nSPS) is 15.2. The lowest BCUT2D eigenvalue weighted by atomic mass is 10.1. The Morgan fingerprint density at radius 1 is 1.53 bits per heavy atom. The molecule has 15 heavy (non-hydrogen) atoms. The van der Waals surface area contributed by atoms with Crippen LogP contribution in [0.1, 0.15) is 18.4 Å². The molecule has 1 saturated carbocycles. The Kier molecular flexibility index (Phi) is 2.55. The average Bonchev–Trinajstić information content (AvgIpc) is 3.00. The van der Waals surface area contributed by atoms with Crippen molar-refractivity contribution < 1.29 is 4.92 Å². The van der Waals surface area contributed by atoms with Gasteiger partial charge in [0.05, 0.1) is 4.92 Å². The monoisotopic (exact) mass is 207 g/mol. The van der Waals surface area contributed by atoms with Crippen LogP contribution in [0.3, 0.4) is 0 Å². The van der Waals surface area contributed by atoms with E-state index in [1.165, 1.54) is 18.9 Å². The van der Waals surface area contributed by atoms with E-state index in [9.17, 15) is 10.1 Å². The molecule has 0 heterocycles. The third kappa shape index (κ3) is 2.44. The van der Waals surface area contributed by atoms with Crippen molar-refractivity contribution in [2.24, 2.45) is 0 Å². The highest BCUT2D eigenvalue weighted by molar-refractivity contribution is 5.59. The Morgan fingerprint density at radius 2 is 2.27 bits per heavy atom. The summed E-state index contributed by atoms with van der Waals surface area (Å²) in [6, 6.07) is 5.53. The molecule has 1 aromatic carbocycles. The standard InChI is InChI=1S/C10H13N3O2/c11-9-4-1-7(5-10(9)13(14)15)6-12-8-2-3-8/h1,4-5,8,12H,2-3,6,11H2. The number of nitrogen functional groups attached to an aromatic ring is 1. The first-order valence-electron chi connectivity index (χ1n) is 4.93. The number of hydrogen-bond acceptors (Lipinski definition) is 4. The lowest BCUT2D eigenvalue weighted by Crippen LogP contribution is -2.15. The van der Waals surface area contributed by atoms with E-state index in [1.807, 2.05) is 6.07 Å². The number of rotatable bonds is 4. The highest BCUT2D eigenvalue weighted by Crippen LogP contribution is 2.23. The zero-order valence-electron chi connectivity index (χ0n) is 8.27. The van der Waals surface area contributed by atoms with Crippen molar-refractivity contribution >= 4 is 11.4 Å². The molecule has 0 amide bonds. The zero-order valence-corrected chi connectivity index (χ0v) is 8.27. The van der Waals surface area contributed by atoms with Gasteiger partial charge in [-0.1, -0.05) is 6.07 Å². The van der Waals surface area contributed by atoms with Crippen LogP contribution in [-0.4, -0.2) is 11.0 Å². The maximum Gasteiger partial charge on any atom is 0.292 e. The summed E-state index contributed by atoms with van der Waals surface area (Å²) in [6.45, 7) is 0.672. The van der Waals surface area contributed by atoms with E-state index < -0.39 is 4.92 Å². The first-order valence-corrected chi connectivity index (χ1v) is 4.93. The molecule has 0 atom stereocenters. The van der Waals surface area contributed by atoms with Crippen LogP contribution in [0.15, 0.2) is 18.2 Å². The largest absolute Gasteiger partial charge is 0.393 e. The summed E-state index contributed by atoms with van der Waals surface area (Å²) in [4.78, 5) is 10.2. The number of benzene rings is 1. The highest BCUT2D eigenvalue weighted by atomic mass is 16.6. The van der Waals surface area contributed by atoms with E-state index in [0.29, 0.717) is 12.6 Å². The van der Waals surface area contributed by atoms with Crippen molar-refractivity contribution in [1.29, 1.82) is 0 Å². The Bertz CT molecular complexity index is 388. The maximum absolute atomic E-state index is 10.6. The lowest BCUT2D eigenvalue weighted by molar-refractivity contribution is -0.384. The van der Waals surface area contributed by atoms with Gasteiger partial charge in [0.15, 0.2) is 0 Å². The highest BCUT2D eigenvalue weighted by Gasteiger charge is 2.20. The number of nitro benzene ring substituents is 1. The predicted octanol–water partition coefficient (Wildman–Crippen LogP) is 1.43. The van der Waals surface area contributed by atoms with Gasteiger partial charge in [0.25, 0.3) is 5.69 Å². The minimum Gasteiger partial charge on any atom is -0.393 e. The molecule has 1 aromatic rings. The molecule has 3 N–H and O–H groups in total. The molecule has 80 valence electrons. The second kappa shape index (κ2) is 3.86. The molecule has 2 rings (SSSR count). The molecule has 1 aliphatic rings. The molecule has 0 bridgehead atoms. The summed E-state index contributed by atoms with van der Waals surface area (Å²) in [7, 11) is 0. The Labute approximate surface area is 87.4 Å². The Hall–Kier alpha value is -1.62. The fraction of sp³-hybridized carbons (Fsp3) is 0.400. The molecule has 0 aliphatic heterocycles. The van der Waals surface area contributed by atoms with Crippen molar-refractivity contribution in [3.05, 3.63) is 33.9 Å². The van der Waals surface area contributed by atoms with Crippen molar-refractivity contribution in [2.75, 3.05) is 5.73 Å². The first-order chi connectivity index (χ1) is 7.16. The molecule has 0 aromatic heterocycles. The van der Waals surface area contributed by atoms with Crippen molar-refractivity contribution in [3.8, 4) is 0 Å². The van der Waals surface area contributed by atoms with E-state index >= 15 is 0 Å². The molecule has 1 fully saturated rings. The van der Waals surface area contributed by atoms with E-state index in [0.717, 1.165) is 5.56 Å². The molecule has 0 radical (unpaired) electrons. The fourth-order valence-electron chi connectivity index (χ4n) is 1.41. The van der Waals surface area contributed by atoms with Gasteiger partial charge in [-0.2, -0.15) is 0 Å². The van der Waals surface area contributed by atoms with Crippen LogP contribution in [-0.2, 0) is 6.54 Å². The molecule has 0 saturated heterocycles. The zero-order chi connectivity index (χ0) is 10.8. The number of nitro groups is 1. The van der Waals surface area contributed by atoms with Gasteiger partial charge in [-0.15, -0.1) is 0 Å². The molecule has 5 nitrogen and oxygen atoms in total. The van der Waals surface area contributed by atoms with Gasteiger partial charge in [-0.3, -0.25) is 10.1 Å². The van der Waals surface area contributed by atoms with Gasteiger partial charge >= 0.3 is 0 Å². The van der Waals surface area contributed by atoms with Crippen LogP contribution < -0.4 is 11.1 Å². The molecular formula is C10H13N3O2. The molecular weight excluding hydrogens is 194 g/mol. The lowest BCUT2D eigenvalue weighted by Gasteiger charge is -2.04. The Balaban J connectivity index is 2.10. The van der Waals surface area contributed by atoms with Gasteiger partial charge in [0, 0.05) is 18.7 Å². The van der Waals surface area contributed by atoms with Crippen LogP contribution in [0.5, 0.6) is 0 Å². The number of anilines is 1. The topological polar surface area (TPSA) is 81.2 Å². The van der Waals surface area contributed by atoms with Crippen LogP contribution in [0, 0.1) is 10.1 Å². The second-order valence-electron chi connectivity index (χ2n) is 3.81. The van der Waals surface area contributed by atoms with Gasteiger partial charge in [-0.25, -0.2) is 0 Å². The minimum atomic E-state index is -0.448. The summed E-state index contributed by atoms with van der Waals surface area (Å²) in [5.41, 5.74) is 6.61. The number of nitrogens with zero attached hydrogens (tertiary/aromatic N) is 1. The molecule has 1 aliphatic carbocycles. The van der Waals surface area contributed by atoms with Gasteiger partial charge in [0.1, 0.15) is 5.69 Å². The van der Waals surface area contributed by atoms with Crippen LogP contribution in [0.4, 0.5) is 11.4 Å². The van der Waals surface area contributed by atoms with Crippen molar-refractivity contribution in [2.45, 2.75) is 25.4 Å². The van der Waals surface area contributed by atoms with Crippen LogP contribution in [0.2, 0.25) is 0 Å². The van der Waals surface area contributed by atoms with Gasteiger partial charge < -0.3 is 11.1 Å². The van der Waals surface area contributed by atoms with Gasteiger partial charge in [0.2, 0.25) is 0 Å². The molecule has 5 heteroatoms. The second-order valence-corrected chi connectivity index (χ2v) is 3.81. The minimum absolute atomic E-state index is 0.00917. The van der Waals surface area contributed by atoms with E-state index in [4.69, 9.17) is 5.73 Å². The SMILES string of the molecule is Nc1ccc(CNC2CC2)cc1[N+](=O)[O-]. The quantitative estimate of drug-likeness (QED) is 0.444. The van der Waals surface area contributed by atoms with Gasteiger partial charge in [-0.05, 0) is 24.5 Å². The average molecular weight is 207 g/mol. The fourth-order valence-corrected chi connectivity index (χ4v) is 1.41. The number of hydrogen-bond donors (Lipinski definition) is 2. The predicted molar refractivity (Wildman–Crippen MR) is 57.4 cm³/mol. The maximum atomic E-state index is 10.6. The van der Waals surface area contributed by atoms with E-state index in [-0.39, 0.29) is 11.4 Å². The van der Waals surface area contributed by atoms with Crippen molar-refractivity contribution in [1.82, 2.24) is 5.32 Å². The van der Waals surface area contributed by atoms with E-state index in [1.54, 1.807) is 6.07 Å². The summed E-state index contributed by atoms with van der Waals surface area (Å²) in [5.74, 6) is 0. The molecule has 0 spiro atoms. The third-order valence-corrected chi connectivity index (χ3v) is 2.46. The summed E-state index contributed by atoms with van der Waals surface area (Å²) >= 11 is 0. The summed E-state index contributed by atoms with van der Waals surface area (Å²) in [5, 5.41) is 13.9. The van der Waals surface area contributed by atoms with Crippen molar-refractivity contribution in [3.63, 3.8) is 0 Å². The third-order valence-electron chi connectivity index (χ3n) is 2.46. The number of nitrogens with two attached hydrogens (primary N) is 1. The first kappa shape index (κ1) is 9.92. The van der Waals surface area contributed by atoms with E-state index in [2.05, 4.69) is 5.32 Å². The smallest absolute Gasteiger partial charge is 0.292 e. The number of nitrogens with one attached hydrogen (secondary N) is 1. The van der Waals surface area contributed by atoms with Crippen LogP contribution >= 0.6 is 0 Å². The Morgan fingerprint density at radius 3 is 2.87 bits per heavy atom. The summed E-state index contributed by atoms with van der Waals surface area (Å²) < 4.78 is 0. The summed E-state index contributed by atoms with van der Waals surface area (Å²) in [6.07, 6.45) is 2.41.